The van der Waals surface area contributed by atoms with Gasteiger partial charge in [0.15, 0.2) is 0 Å². The predicted octanol–water partition coefficient (Wildman–Crippen LogP) is 10.4. The van der Waals surface area contributed by atoms with Crippen molar-refractivity contribution < 1.29 is 0 Å². The van der Waals surface area contributed by atoms with Gasteiger partial charge in [-0.1, -0.05) is 144 Å². The molecule has 144 valence electrons. The van der Waals surface area contributed by atoms with Crippen LogP contribution < -0.4 is 0 Å². The van der Waals surface area contributed by atoms with Gasteiger partial charge in [0.25, 0.3) is 0 Å². The van der Waals surface area contributed by atoms with Gasteiger partial charge >= 0.3 is 0 Å². The molecule has 0 N–H and O–H groups in total. The maximum Gasteiger partial charge on any atom is -0.0590 e. The molecule has 0 aromatic rings. The highest BCUT2D eigenvalue weighted by Crippen LogP contribution is 1.56. The van der Waals surface area contributed by atoms with Crippen LogP contribution in [0.4, 0.5) is 0 Å². The van der Waals surface area contributed by atoms with E-state index in [9.17, 15) is 0 Å². The first-order valence-electron chi connectivity index (χ1n) is 10.2. The molecule has 0 atom stereocenters. The van der Waals surface area contributed by atoms with E-state index in [0.29, 0.717) is 0 Å². The number of hydrogen-bond donors (Lipinski definition) is 0. The van der Waals surface area contributed by atoms with Gasteiger partial charge in [-0.3, -0.25) is 0 Å². The molecule has 0 rings (SSSR count). The highest BCUT2D eigenvalue weighted by atomic mass is 13.4. The van der Waals surface area contributed by atoms with Gasteiger partial charge in [-0.25, -0.2) is 0 Å². The summed E-state index contributed by atoms with van der Waals surface area (Å²) in [6.45, 7) is 36.8. The monoisotopic (exact) mass is 312 g/mol. The van der Waals surface area contributed by atoms with E-state index in [1.54, 1.807) is 0 Å². The molecular weight excluding hydrogens is 252 g/mol. The van der Waals surface area contributed by atoms with Gasteiger partial charge in [-0.2, -0.15) is 0 Å². The molecule has 0 saturated carbocycles. The molecule has 0 radical (unpaired) electrons. The van der Waals surface area contributed by atoms with E-state index in [-0.39, 0.29) is 0 Å². The van der Waals surface area contributed by atoms with Gasteiger partial charge in [0.1, 0.15) is 0 Å². The van der Waals surface area contributed by atoms with Gasteiger partial charge in [-0.05, 0) is 0 Å². The first-order valence-corrected chi connectivity index (χ1v) is 10.2. The Hall–Kier alpha value is 0. The minimum absolute atomic E-state index is 1.25. The summed E-state index contributed by atoms with van der Waals surface area (Å²) in [5, 5.41) is 0. The van der Waals surface area contributed by atoms with Crippen molar-refractivity contribution in [2.24, 2.45) is 0 Å². The van der Waals surface area contributed by atoms with E-state index in [0.717, 1.165) is 0 Å². The summed E-state index contributed by atoms with van der Waals surface area (Å²) < 4.78 is 0. The van der Waals surface area contributed by atoms with Crippen LogP contribution in [0.2, 0.25) is 0 Å². The normalized spacial score (nSPS) is 4.29. The van der Waals surface area contributed by atoms with Crippen LogP contribution in [0.1, 0.15) is 144 Å². The highest BCUT2D eigenvalue weighted by Gasteiger charge is 1.36. The van der Waals surface area contributed by atoms with E-state index < -0.39 is 0 Å². The largest absolute Gasteiger partial charge is 0.0683 e. The van der Waals surface area contributed by atoms with Crippen LogP contribution in [0.15, 0.2) is 0 Å². The van der Waals surface area contributed by atoms with Crippen molar-refractivity contribution in [3.05, 3.63) is 0 Å². The summed E-state index contributed by atoms with van der Waals surface area (Å²) in [6, 6.07) is 0. The zero-order valence-corrected chi connectivity index (χ0v) is 20.1. The Kier molecular flexibility index (Phi) is 2230. The van der Waals surface area contributed by atoms with Crippen molar-refractivity contribution in [1.29, 1.82) is 0 Å². The third-order valence-electron chi connectivity index (χ3n) is 0. The second kappa shape index (κ2) is 802. The maximum absolute atomic E-state index is 2.12. The van der Waals surface area contributed by atoms with Crippen LogP contribution in [-0.2, 0) is 0 Å². The highest BCUT2D eigenvalue weighted by molar-refractivity contribution is 3.92. The van der Waals surface area contributed by atoms with Gasteiger partial charge in [0, 0.05) is 0 Å². The van der Waals surface area contributed by atoms with Gasteiger partial charge in [0.05, 0.1) is 0 Å². The summed E-state index contributed by atoms with van der Waals surface area (Å²) in [5.74, 6) is 0. The molecule has 0 amide bonds. The molecule has 0 saturated heterocycles. The molecule has 0 bridgehead atoms. The first-order chi connectivity index (χ1) is 10.2. The number of rotatable bonds is 0. The molecule has 0 spiro atoms. The van der Waals surface area contributed by atoms with Crippen LogP contribution in [0.3, 0.4) is 0 Å². The summed E-state index contributed by atoms with van der Waals surface area (Å²) in [5.41, 5.74) is 0. The second-order valence-electron chi connectivity index (χ2n) is 2.12. The lowest BCUT2D eigenvalue weighted by molar-refractivity contribution is 1.09. The standard InChI is InChI=1S/3C3H8.6C2H6/c3*1-3-2;6*1-2/h3*3H2,1-2H3;6*1-2H3. The summed E-state index contributed by atoms with van der Waals surface area (Å²) in [7, 11) is 0. The minimum atomic E-state index is 1.25. The quantitative estimate of drug-likeness (QED) is 0.417. The molecule has 0 fully saturated rings. The lowest BCUT2D eigenvalue weighted by Gasteiger charge is -1.48. The van der Waals surface area contributed by atoms with E-state index in [2.05, 4.69) is 41.5 Å². The van der Waals surface area contributed by atoms with Crippen molar-refractivity contribution in [3.8, 4) is 0 Å². The van der Waals surface area contributed by atoms with Crippen LogP contribution >= 0.6 is 0 Å². The van der Waals surface area contributed by atoms with Crippen LogP contribution in [-0.4, -0.2) is 0 Å². The van der Waals surface area contributed by atoms with Gasteiger partial charge < -0.3 is 0 Å². The fourth-order valence-electron chi connectivity index (χ4n) is 0. The molecule has 0 aromatic heterocycles. The summed E-state index contributed by atoms with van der Waals surface area (Å²) >= 11 is 0. The van der Waals surface area contributed by atoms with Crippen LogP contribution in [0, 0.1) is 0 Å². The molecule has 0 heterocycles. The van der Waals surface area contributed by atoms with E-state index in [4.69, 9.17) is 0 Å². The number of hydrogen-bond acceptors (Lipinski definition) is 0. The molecule has 0 nitrogen and oxygen atoms in total. The predicted molar refractivity (Wildman–Crippen MR) is 116 cm³/mol. The van der Waals surface area contributed by atoms with Crippen molar-refractivity contribution in [1.82, 2.24) is 0 Å². The Morgan fingerprint density at radius 1 is 0.238 bits per heavy atom. The molecule has 0 heteroatoms. The molecule has 0 aliphatic carbocycles. The lowest BCUT2D eigenvalue weighted by Crippen LogP contribution is -1.27. The average Bonchev–Trinajstić information content (AvgIpc) is 2.60. The SMILES string of the molecule is CC.CC.CC.CC.CC.CC.CCC.CCC.CCC. The maximum atomic E-state index is 2.12. The Morgan fingerprint density at radius 2 is 0.238 bits per heavy atom. The summed E-state index contributed by atoms with van der Waals surface area (Å²) in [4.78, 5) is 0. The molecule has 0 aliphatic heterocycles. The van der Waals surface area contributed by atoms with Crippen molar-refractivity contribution >= 4 is 0 Å². The topological polar surface area (TPSA) is 0 Å². The van der Waals surface area contributed by atoms with Crippen molar-refractivity contribution in [2.45, 2.75) is 144 Å². The van der Waals surface area contributed by atoms with E-state index >= 15 is 0 Å². The summed E-state index contributed by atoms with van der Waals surface area (Å²) in [6.07, 6.45) is 3.75. The van der Waals surface area contributed by atoms with Gasteiger partial charge in [0.2, 0.25) is 0 Å². The van der Waals surface area contributed by atoms with Crippen molar-refractivity contribution in [3.63, 3.8) is 0 Å². The molecule has 0 aliphatic rings. The van der Waals surface area contributed by atoms with E-state index in [1.165, 1.54) is 19.3 Å². The van der Waals surface area contributed by atoms with Crippen molar-refractivity contribution in [2.75, 3.05) is 0 Å². The first kappa shape index (κ1) is 58.3. The Bertz CT molecular complexity index is 4.75. The average molecular weight is 313 g/mol. The van der Waals surface area contributed by atoms with Crippen LogP contribution in [0.5, 0.6) is 0 Å². The fraction of sp³-hybridized carbons (Fsp3) is 1.00. The molecule has 21 heavy (non-hydrogen) atoms. The smallest absolute Gasteiger partial charge is 0.0590 e. The van der Waals surface area contributed by atoms with E-state index in [1.807, 2.05) is 83.1 Å². The Balaban J connectivity index is -0.0000000111. The fourth-order valence-corrected chi connectivity index (χ4v) is 0. The molecule has 0 unspecified atom stereocenters. The second-order valence-corrected chi connectivity index (χ2v) is 2.12. The van der Waals surface area contributed by atoms with Crippen LogP contribution in [0.25, 0.3) is 0 Å². The molecular formula is C21H60. The Morgan fingerprint density at radius 3 is 0.238 bits per heavy atom. The Labute approximate surface area is 144 Å². The van der Waals surface area contributed by atoms with Gasteiger partial charge in [-0.15, -0.1) is 0 Å². The minimum Gasteiger partial charge on any atom is -0.0683 e. The third kappa shape index (κ3) is 0. The zero-order valence-electron chi connectivity index (χ0n) is 20.1. The molecule has 0 aromatic carbocycles. The third-order valence-corrected chi connectivity index (χ3v) is 0. The lowest BCUT2D eigenvalue weighted by atomic mass is 10.6. The zero-order chi connectivity index (χ0) is 20.1.